The molecule has 4 rings (SSSR count). The average molecular weight is 519 g/mol. The van der Waals surface area contributed by atoms with Crippen molar-refractivity contribution >= 4 is 22.9 Å². The number of aldehydes is 1. The predicted molar refractivity (Wildman–Crippen MR) is 151 cm³/mol. The van der Waals surface area contributed by atoms with Crippen molar-refractivity contribution in [1.29, 1.82) is 0 Å². The first-order valence-corrected chi connectivity index (χ1v) is 21.5. The van der Waals surface area contributed by atoms with Gasteiger partial charge in [-0.3, -0.25) is 4.79 Å². The van der Waals surface area contributed by atoms with Crippen LogP contribution >= 0.6 is 0 Å². The van der Waals surface area contributed by atoms with Gasteiger partial charge in [0.2, 0.25) is 0 Å². The zero-order valence-corrected chi connectivity index (χ0v) is 26.2. The summed E-state index contributed by atoms with van der Waals surface area (Å²) in [5.74, 6) is 4.26. The van der Waals surface area contributed by atoms with Crippen LogP contribution in [-0.4, -0.2) is 35.1 Å². The lowest BCUT2D eigenvalue weighted by molar-refractivity contribution is -0.165. The molecule has 200 valence electrons. The highest BCUT2D eigenvalue weighted by atomic mass is 28.4. The quantitative estimate of drug-likeness (QED) is 0.194. The van der Waals surface area contributed by atoms with Crippen LogP contribution in [0.1, 0.15) is 72.1 Å². The summed E-state index contributed by atoms with van der Waals surface area (Å²) in [5, 5.41) is 0. The largest absolute Gasteiger partial charge is 0.415 e. The molecule has 0 radical (unpaired) electrons. The van der Waals surface area contributed by atoms with Gasteiger partial charge >= 0.3 is 0 Å². The summed E-state index contributed by atoms with van der Waals surface area (Å²) >= 11 is 0. The van der Waals surface area contributed by atoms with Crippen molar-refractivity contribution < 1.29 is 13.6 Å². The molecule has 0 unspecified atom stereocenters. The highest BCUT2D eigenvalue weighted by molar-refractivity contribution is 6.70. The van der Waals surface area contributed by atoms with Crippen molar-refractivity contribution in [3.05, 3.63) is 12.2 Å². The number of rotatable bonds is 7. The van der Waals surface area contributed by atoms with E-state index < -0.39 is 16.6 Å². The minimum Gasteiger partial charge on any atom is -0.415 e. The van der Waals surface area contributed by atoms with Gasteiger partial charge in [-0.05, 0) is 143 Å². The van der Waals surface area contributed by atoms with Crippen molar-refractivity contribution in [2.45, 2.75) is 124 Å². The fourth-order valence-corrected chi connectivity index (χ4v) is 12.1. The van der Waals surface area contributed by atoms with E-state index in [0.29, 0.717) is 40.8 Å². The van der Waals surface area contributed by atoms with E-state index in [2.05, 4.69) is 66.1 Å². The summed E-state index contributed by atoms with van der Waals surface area (Å²) in [5.41, 5.74) is 0.786. The van der Waals surface area contributed by atoms with E-state index in [-0.39, 0.29) is 0 Å². The standard InChI is InChI=1S/C30H54O3Si2/c1-21(11-10-18-31)24-12-13-25-23-20-28(33-35(7,8)9)27-19-22(32-34(4,5)6)14-16-30(27,3)26(23)15-17-29(24,25)2/h10-11,18,21-28H,12-17,19-20H2,1-9H3/t21-,22-,23+,24-,25+,26+,27+,28+,29-,30-/m1/s1. The van der Waals surface area contributed by atoms with Gasteiger partial charge in [-0.2, -0.15) is 0 Å². The van der Waals surface area contributed by atoms with Gasteiger partial charge in [0.25, 0.3) is 0 Å². The van der Waals surface area contributed by atoms with Gasteiger partial charge < -0.3 is 8.85 Å². The minimum absolute atomic E-state index is 0.384. The van der Waals surface area contributed by atoms with Crippen molar-refractivity contribution in [2.75, 3.05) is 0 Å². The van der Waals surface area contributed by atoms with E-state index in [4.69, 9.17) is 8.85 Å². The number of allylic oxidation sites excluding steroid dienone is 2. The zero-order chi connectivity index (χ0) is 25.8. The first-order chi connectivity index (χ1) is 16.2. The van der Waals surface area contributed by atoms with Crippen LogP contribution in [0.25, 0.3) is 0 Å². The summed E-state index contributed by atoms with van der Waals surface area (Å²) in [4.78, 5) is 11.0. The van der Waals surface area contributed by atoms with Crippen LogP contribution in [-0.2, 0) is 13.6 Å². The minimum atomic E-state index is -1.65. The van der Waals surface area contributed by atoms with Gasteiger partial charge in [-0.25, -0.2) is 0 Å². The zero-order valence-electron chi connectivity index (χ0n) is 24.2. The summed E-state index contributed by atoms with van der Waals surface area (Å²) in [6, 6.07) is 0. The maximum atomic E-state index is 11.0. The lowest BCUT2D eigenvalue weighted by Gasteiger charge is -2.63. The molecule has 0 aromatic carbocycles. The summed E-state index contributed by atoms with van der Waals surface area (Å²) in [6.07, 6.45) is 16.1. The maximum absolute atomic E-state index is 11.0. The van der Waals surface area contributed by atoms with Gasteiger partial charge in [-0.1, -0.05) is 26.8 Å². The lowest BCUT2D eigenvalue weighted by atomic mass is 9.44. The SMILES string of the molecule is C[C@H](C=CC=O)[C@H]1CC[C@H]2[C@@H]3C[C@H](O[Si](C)(C)C)[C@@H]4C[C@H](O[Si](C)(C)C)CC[C@]4(C)[C@H]3CC[C@]12C. The second-order valence-corrected chi connectivity index (χ2v) is 24.1. The van der Waals surface area contributed by atoms with Crippen LogP contribution in [0.4, 0.5) is 0 Å². The fourth-order valence-electron chi connectivity index (χ4n) is 9.68. The molecule has 4 saturated carbocycles. The maximum Gasteiger partial charge on any atom is 0.184 e. The molecule has 0 aromatic rings. The van der Waals surface area contributed by atoms with Gasteiger partial charge in [-0.15, -0.1) is 0 Å². The third kappa shape index (κ3) is 5.49. The molecule has 3 nitrogen and oxygen atoms in total. The first-order valence-electron chi connectivity index (χ1n) is 14.7. The van der Waals surface area contributed by atoms with Crippen LogP contribution in [0.5, 0.6) is 0 Å². The molecule has 4 aliphatic carbocycles. The molecule has 10 atom stereocenters. The molecule has 4 aliphatic rings. The van der Waals surface area contributed by atoms with Crippen molar-refractivity contribution in [3.8, 4) is 0 Å². The molecule has 35 heavy (non-hydrogen) atoms. The van der Waals surface area contributed by atoms with Crippen LogP contribution in [0.2, 0.25) is 39.3 Å². The van der Waals surface area contributed by atoms with Gasteiger partial charge in [0.1, 0.15) is 6.29 Å². The molecule has 0 amide bonds. The lowest BCUT2D eigenvalue weighted by Crippen LogP contribution is -2.60. The molecule has 0 saturated heterocycles. The Bertz CT molecular complexity index is 798. The first kappa shape index (κ1) is 27.8. The van der Waals surface area contributed by atoms with E-state index in [1.165, 1.54) is 51.4 Å². The predicted octanol–water partition coefficient (Wildman–Crippen LogP) is 8.09. The Hall–Kier alpha value is -0.236. The second kappa shape index (κ2) is 9.82. The molecule has 0 heterocycles. The number of carbonyl (C=O) groups is 1. The van der Waals surface area contributed by atoms with Crippen LogP contribution in [0.15, 0.2) is 12.2 Å². The van der Waals surface area contributed by atoms with E-state index in [0.717, 1.165) is 24.0 Å². The van der Waals surface area contributed by atoms with Crippen LogP contribution in [0, 0.1) is 46.3 Å². The van der Waals surface area contributed by atoms with E-state index in [1.54, 1.807) is 6.08 Å². The van der Waals surface area contributed by atoms with E-state index >= 15 is 0 Å². The molecule has 4 fully saturated rings. The molecule has 0 bridgehead atoms. The van der Waals surface area contributed by atoms with Crippen LogP contribution < -0.4 is 0 Å². The van der Waals surface area contributed by atoms with Crippen molar-refractivity contribution in [3.63, 3.8) is 0 Å². The molecule has 0 aliphatic heterocycles. The fraction of sp³-hybridized carbons (Fsp3) is 0.900. The summed E-state index contributed by atoms with van der Waals surface area (Å²) in [6.45, 7) is 21.8. The van der Waals surface area contributed by atoms with Crippen LogP contribution in [0.3, 0.4) is 0 Å². The van der Waals surface area contributed by atoms with E-state index in [1.807, 2.05) is 0 Å². The monoisotopic (exact) mass is 518 g/mol. The third-order valence-electron chi connectivity index (χ3n) is 10.8. The normalized spacial score (nSPS) is 45.0. The topological polar surface area (TPSA) is 35.5 Å². The molecule has 5 heteroatoms. The van der Waals surface area contributed by atoms with Gasteiger partial charge in [0, 0.05) is 12.2 Å². The average Bonchev–Trinajstić information content (AvgIpc) is 3.08. The Morgan fingerprint density at radius 2 is 1.43 bits per heavy atom. The second-order valence-electron chi connectivity index (χ2n) is 15.2. The smallest absolute Gasteiger partial charge is 0.184 e. The molecular weight excluding hydrogens is 464 g/mol. The summed E-state index contributed by atoms with van der Waals surface area (Å²) < 4.78 is 13.8. The molecule has 0 aromatic heterocycles. The molecular formula is C30H54O3Si2. The number of hydrogen-bond acceptors (Lipinski definition) is 3. The van der Waals surface area contributed by atoms with Gasteiger partial charge in [0.05, 0.1) is 0 Å². The van der Waals surface area contributed by atoms with Crippen molar-refractivity contribution in [1.82, 2.24) is 0 Å². The van der Waals surface area contributed by atoms with Crippen molar-refractivity contribution in [2.24, 2.45) is 46.3 Å². The Morgan fingerprint density at radius 3 is 2.06 bits per heavy atom. The number of fused-ring (bicyclic) bond motifs is 5. The Morgan fingerprint density at radius 1 is 0.800 bits per heavy atom. The molecule has 0 N–H and O–H groups in total. The Labute approximate surface area is 218 Å². The summed E-state index contributed by atoms with van der Waals surface area (Å²) in [7, 11) is -3.20. The highest BCUT2D eigenvalue weighted by Gasteiger charge is 2.63. The number of carbonyl (C=O) groups excluding carboxylic acids is 1. The van der Waals surface area contributed by atoms with E-state index in [9.17, 15) is 4.79 Å². The third-order valence-corrected chi connectivity index (χ3v) is 12.9. The Kier molecular flexibility index (Phi) is 7.79. The highest BCUT2D eigenvalue weighted by Crippen LogP contribution is 2.68. The Balaban J connectivity index is 1.62. The molecule has 0 spiro atoms. The number of hydrogen-bond donors (Lipinski definition) is 0. The van der Waals surface area contributed by atoms with Gasteiger partial charge in [0.15, 0.2) is 16.6 Å².